The van der Waals surface area contributed by atoms with Crippen LogP contribution in [0.1, 0.15) is 19.7 Å². The molecule has 0 aliphatic heterocycles. The highest BCUT2D eigenvalue weighted by Gasteiger charge is 2.22. The number of pyridine rings is 1. The summed E-state index contributed by atoms with van der Waals surface area (Å²) in [5.41, 5.74) is 5.30. The SMILES string of the molecule is CC(C)(N)c1noc(-c2ccncc2F)n1. The maximum Gasteiger partial charge on any atom is 0.261 e. The molecule has 0 aliphatic rings. The Balaban J connectivity index is 2.44. The van der Waals surface area contributed by atoms with Gasteiger partial charge in [0.1, 0.15) is 0 Å². The molecule has 0 atom stereocenters. The van der Waals surface area contributed by atoms with Gasteiger partial charge in [-0.3, -0.25) is 4.98 Å². The molecule has 0 spiro atoms. The van der Waals surface area contributed by atoms with Crippen molar-refractivity contribution in [3.8, 4) is 11.5 Å². The van der Waals surface area contributed by atoms with E-state index in [-0.39, 0.29) is 11.5 Å². The molecular formula is C10H11FN4O. The summed E-state index contributed by atoms with van der Waals surface area (Å²) in [7, 11) is 0. The second-order valence-electron chi connectivity index (χ2n) is 4.00. The van der Waals surface area contributed by atoms with Crippen molar-refractivity contribution in [3.63, 3.8) is 0 Å². The fourth-order valence-corrected chi connectivity index (χ4v) is 1.14. The summed E-state index contributed by atoms with van der Waals surface area (Å²) >= 11 is 0. The van der Waals surface area contributed by atoms with Crippen molar-refractivity contribution < 1.29 is 8.91 Å². The molecule has 0 aromatic carbocycles. The molecule has 0 unspecified atom stereocenters. The van der Waals surface area contributed by atoms with Crippen molar-refractivity contribution in [1.29, 1.82) is 0 Å². The van der Waals surface area contributed by atoms with Crippen molar-refractivity contribution in [2.45, 2.75) is 19.4 Å². The largest absolute Gasteiger partial charge is 0.334 e. The third-order valence-corrected chi connectivity index (χ3v) is 2.01. The van der Waals surface area contributed by atoms with Crippen molar-refractivity contribution in [1.82, 2.24) is 15.1 Å². The van der Waals surface area contributed by atoms with Gasteiger partial charge in [-0.05, 0) is 19.9 Å². The van der Waals surface area contributed by atoms with Crippen LogP contribution in [0.2, 0.25) is 0 Å². The van der Waals surface area contributed by atoms with Crippen LogP contribution >= 0.6 is 0 Å². The van der Waals surface area contributed by atoms with E-state index in [1.165, 1.54) is 12.3 Å². The lowest BCUT2D eigenvalue weighted by molar-refractivity contribution is 0.396. The normalized spacial score (nSPS) is 11.8. The highest BCUT2D eigenvalue weighted by Crippen LogP contribution is 2.22. The number of hydrogen-bond donors (Lipinski definition) is 1. The fourth-order valence-electron chi connectivity index (χ4n) is 1.14. The number of aromatic nitrogens is 3. The molecule has 0 saturated carbocycles. The van der Waals surface area contributed by atoms with E-state index in [0.29, 0.717) is 5.82 Å². The van der Waals surface area contributed by atoms with Crippen LogP contribution in [-0.4, -0.2) is 15.1 Å². The van der Waals surface area contributed by atoms with Gasteiger partial charge in [-0.2, -0.15) is 4.98 Å². The van der Waals surface area contributed by atoms with Crippen molar-refractivity contribution >= 4 is 0 Å². The van der Waals surface area contributed by atoms with Gasteiger partial charge >= 0.3 is 0 Å². The molecule has 5 nitrogen and oxygen atoms in total. The Kier molecular flexibility index (Phi) is 2.43. The summed E-state index contributed by atoms with van der Waals surface area (Å²) in [5, 5.41) is 3.71. The van der Waals surface area contributed by atoms with E-state index in [2.05, 4.69) is 15.1 Å². The van der Waals surface area contributed by atoms with E-state index in [1.807, 2.05) is 0 Å². The number of hydrogen-bond acceptors (Lipinski definition) is 5. The van der Waals surface area contributed by atoms with Crippen molar-refractivity contribution in [2.24, 2.45) is 5.73 Å². The quantitative estimate of drug-likeness (QED) is 0.832. The van der Waals surface area contributed by atoms with Crippen LogP contribution in [0.15, 0.2) is 23.0 Å². The molecule has 84 valence electrons. The minimum absolute atomic E-state index is 0.105. The van der Waals surface area contributed by atoms with E-state index in [0.717, 1.165) is 6.20 Å². The minimum atomic E-state index is -0.717. The third kappa shape index (κ3) is 1.92. The minimum Gasteiger partial charge on any atom is -0.334 e. The molecule has 2 heterocycles. The summed E-state index contributed by atoms with van der Waals surface area (Å²) in [4.78, 5) is 7.68. The number of nitrogens with two attached hydrogens (primary N) is 1. The summed E-state index contributed by atoms with van der Waals surface area (Å²) < 4.78 is 18.3. The van der Waals surface area contributed by atoms with Crippen LogP contribution in [0, 0.1) is 5.82 Å². The highest BCUT2D eigenvalue weighted by atomic mass is 19.1. The van der Waals surface area contributed by atoms with E-state index >= 15 is 0 Å². The maximum atomic E-state index is 13.4. The fraction of sp³-hybridized carbons (Fsp3) is 0.300. The van der Waals surface area contributed by atoms with Gasteiger partial charge in [0, 0.05) is 6.20 Å². The molecule has 2 aromatic rings. The first-order valence-corrected chi connectivity index (χ1v) is 4.71. The van der Waals surface area contributed by atoms with Gasteiger partial charge in [0.2, 0.25) is 0 Å². The van der Waals surface area contributed by atoms with Crippen LogP contribution < -0.4 is 5.73 Å². The smallest absolute Gasteiger partial charge is 0.261 e. The number of halogens is 1. The molecule has 2 N–H and O–H groups in total. The molecule has 0 amide bonds. The second kappa shape index (κ2) is 3.64. The van der Waals surface area contributed by atoms with Crippen LogP contribution in [0.3, 0.4) is 0 Å². The molecule has 6 heteroatoms. The van der Waals surface area contributed by atoms with Gasteiger partial charge in [0.05, 0.1) is 17.3 Å². The Morgan fingerprint density at radius 3 is 2.75 bits per heavy atom. The standard InChI is InChI=1S/C10H11FN4O/c1-10(2,12)9-14-8(16-15-9)6-3-4-13-5-7(6)11/h3-5H,12H2,1-2H3. The summed E-state index contributed by atoms with van der Waals surface area (Å²) in [6, 6.07) is 1.47. The molecule has 0 aliphatic carbocycles. The Morgan fingerprint density at radius 1 is 1.44 bits per heavy atom. The van der Waals surface area contributed by atoms with E-state index in [9.17, 15) is 4.39 Å². The number of nitrogens with zero attached hydrogens (tertiary/aromatic N) is 3. The number of rotatable bonds is 2. The summed E-state index contributed by atoms with van der Waals surface area (Å²) in [6.07, 6.45) is 2.54. The van der Waals surface area contributed by atoms with Gasteiger partial charge in [-0.1, -0.05) is 5.16 Å². The van der Waals surface area contributed by atoms with Crippen molar-refractivity contribution in [2.75, 3.05) is 0 Å². The van der Waals surface area contributed by atoms with E-state index in [1.54, 1.807) is 13.8 Å². The lowest BCUT2D eigenvalue weighted by Gasteiger charge is -2.11. The predicted octanol–water partition coefficient (Wildman–Crippen LogP) is 1.46. The molecule has 2 aromatic heterocycles. The average Bonchev–Trinajstić information content (AvgIpc) is 2.66. The third-order valence-electron chi connectivity index (χ3n) is 2.01. The van der Waals surface area contributed by atoms with Crippen LogP contribution in [0.5, 0.6) is 0 Å². The van der Waals surface area contributed by atoms with Gasteiger partial charge in [0.25, 0.3) is 5.89 Å². The summed E-state index contributed by atoms with van der Waals surface area (Å²) in [6.45, 7) is 3.48. The first kappa shape index (κ1) is 10.7. The van der Waals surface area contributed by atoms with E-state index in [4.69, 9.17) is 10.3 Å². The Hall–Kier alpha value is -1.82. The van der Waals surface area contributed by atoms with Gasteiger partial charge < -0.3 is 10.3 Å². The Labute approximate surface area is 91.5 Å². The first-order chi connectivity index (χ1) is 7.48. The zero-order valence-electron chi connectivity index (χ0n) is 8.94. The summed E-state index contributed by atoms with van der Waals surface area (Å²) in [5.74, 6) is -0.0698. The zero-order chi connectivity index (χ0) is 11.8. The molecule has 0 radical (unpaired) electrons. The van der Waals surface area contributed by atoms with Gasteiger partial charge in [0.15, 0.2) is 11.6 Å². The molecular weight excluding hydrogens is 211 g/mol. The molecule has 16 heavy (non-hydrogen) atoms. The molecule has 0 saturated heterocycles. The molecule has 0 fully saturated rings. The van der Waals surface area contributed by atoms with Crippen LogP contribution in [-0.2, 0) is 5.54 Å². The van der Waals surface area contributed by atoms with E-state index < -0.39 is 11.4 Å². The zero-order valence-corrected chi connectivity index (χ0v) is 8.94. The topological polar surface area (TPSA) is 77.8 Å². The van der Waals surface area contributed by atoms with Crippen molar-refractivity contribution in [3.05, 3.63) is 30.1 Å². The van der Waals surface area contributed by atoms with Crippen LogP contribution in [0.4, 0.5) is 4.39 Å². The predicted molar refractivity (Wildman–Crippen MR) is 54.7 cm³/mol. The Bertz CT molecular complexity index is 504. The monoisotopic (exact) mass is 222 g/mol. The maximum absolute atomic E-state index is 13.4. The lowest BCUT2D eigenvalue weighted by Crippen LogP contribution is -2.30. The van der Waals surface area contributed by atoms with Gasteiger partial charge in [-0.25, -0.2) is 4.39 Å². The lowest BCUT2D eigenvalue weighted by atomic mass is 10.1. The molecule has 2 rings (SSSR count). The first-order valence-electron chi connectivity index (χ1n) is 4.71. The molecule has 0 bridgehead atoms. The van der Waals surface area contributed by atoms with Gasteiger partial charge in [-0.15, -0.1) is 0 Å². The van der Waals surface area contributed by atoms with Crippen LogP contribution in [0.25, 0.3) is 11.5 Å². The highest BCUT2D eigenvalue weighted by molar-refractivity contribution is 5.52. The second-order valence-corrected chi connectivity index (χ2v) is 4.00. The Morgan fingerprint density at radius 2 is 2.19 bits per heavy atom. The average molecular weight is 222 g/mol.